The van der Waals surface area contributed by atoms with Gasteiger partial charge >= 0.3 is 12.1 Å². The first-order valence-corrected chi connectivity index (χ1v) is 7.38. The van der Waals surface area contributed by atoms with Gasteiger partial charge < -0.3 is 15.2 Å². The van der Waals surface area contributed by atoms with E-state index in [1.165, 1.54) is 6.20 Å². The zero-order chi connectivity index (χ0) is 16.2. The molecule has 2 aromatic rings. The molecule has 0 fully saturated rings. The van der Waals surface area contributed by atoms with E-state index in [0.717, 1.165) is 16.9 Å². The smallest absolute Gasteiger partial charge is 0.408 e. The number of hydrogen-bond donors (Lipinski definition) is 2. The number of nitrogens with one attached hydrogen (secondary N) is 1. The number of benzene rings is 1. The Kier molecular flexibility index (Phi) is 4.77. The van der Waals surface area contributed by atoms with Crippen molar-refractivity contribution in [2.45, 2.75) is 26.0 Å². The van der Waals surface area contributed by atoms with E-state index in [9.17, 15) is 9.59 Å². The minimum Gasteiger partial charge on any atom is -0.477 e. The van der Waals surface area contributed by atoms with Crippen LogP contribution in [0.3, 0.4) is 0 Å². The van der Waals surface area contributed by atoms with Crippen molar-refractivity contribution >= 4 is 23.4 Å². The highest BCUT2D eigenvalue weighted by Crippen LogP contribution is 2.25. The van der Waals surface area contributed by atoms with Gasteiger partial charge in [-0.2, -0.15) is 0 Å². The van der Waals surface area contributed by atoms with Crippen molar-refractivity contribution in [2.24, 2.45) is 0 Å². The van der Waals surface area contributed by atoms with Crippen molar-refractivity contribution < 1.29 is 19.4 Å². The van der Waals surface area contributed by atoms with Gasteiger partial charge in [-0.05, 0) is 19.4 Å². The maximum absolute atomic E-state index is 11.9. The quantitative estimate of drug-likeness (QED) is 0.884. The summed E-state index contributed by atoms with van der Waals surface area (Å²) in [6.07, 6.45) is 0.696. The van der Waals surface area contributed by atoms with Crippen LogP contribution in [-0.4, -0.2) is 22.2 Å². The molecule has 2 rings (SSSR count). The second-order valence-corrected chi connectivity index (χ2v) is 6.18. The number of ether oxygens (including phenoxy) is 1. The molecule has 0 unspecified atom stereocenters. The van der Waals surface area contributed by atoms with Gasteiger partial charge in [0.25, 0.3) is 0 Å². The number of aromatic carboxylic acids is 1. The molecule has 116 valence electrons. The number of carbonyl (C=O) groups excluding carboxylic acids is 1. The number of alkyl carbamates (subject to hydrolysis) is 1. The van der Waals surface area contributed by atoms with Crippen LogP contribution in [0.1, 0.15) is 34.1 Å². The third-order valence-electron chi connectivity index (χ3n) is 2.88. The zero-order valence-electron chi connectivity index (χ0n) is 12.2. The summed E-state index contributed by atoms with van der Waals surface area (Å²) in [5.74, 6) is -1.04. The first-order valence-electron chi connectivity index (χ1n) is 6.57. The fourth-order valence-electron chi connectivity index (χ4n) is 1.73. The van der Waals surface area contributed by atoms with Crippen LogP contribution in [0.15, 0.2) is 36.5 Å². The molecule has 0 radical (unpaired) electrons. The van der Waals surface area contributed by atoms with E-state index in [2.05, 4.69) is 10.3 Å². The van der Waals surface area contributed by atoms with Crippen LogP contribution in [-0.2, 0) is 16.9 Å². The summed E-state index contributed by atoms with van der Waals surface area (Å²) < 4.78 is 5.15. The lowest BCUT2D eigenvalue weighted by Crippen LogP contribution is -2.41. The molecule has 1 heterocycles. The minimum atomic E-state index is -1.04. The summed E-state index contributed by atoms with van der Waals surface area (Å²) in [5.41, 5.74) is 0.0736. The number of thiazole rings is 1. The molecule has 0 spiro atoms. The molecule has 1 amide bonds. The fraction of sp³-hybridized carbons (Fsp3) is 0.267. The largest absolute Gasteiger partial charge is 0.477 e. The Morgan fingerprint density at radius 1 is 1.32 bits per heavy atom. The molecule has 7 heteroatoms. The molecule has 1 aromatic carbocycles. The van der Waals surface area contributed by atoms with Crippen LogP contribution in [0.2, 0.25) is 0 Å². The van der Waals surface area contributed by atoms with Gasteiger partial charge in [-0.1, -0.05) is 30.3 Å². The molecule has 0 saturated carbocycles. The Morgan fingerprint density at radius 2 is 2.00 bits per heavy atom. The maximum Gasteiger partial charge on any atom is 0.408 e. The summed E-state index contributed by atoms with van der Waals surface area (Å²) in [6.45, 7) is 3.64. The van der Waals surface area contributed by atoms with Crippen molar-refractivity contribution in [3.63, 3.8) is 0 Å². The number of nitrogens with zero attached hydrogens (tertiary/aromatic N) is 1. The van der Waals surface area contributed by atoms with E-state index in [1.807, 2.05) is 30.3 Å². The molecule has 1 aromatic heterocycles. The molecule has 0 saturated heterocycles. The molecule has 0 aliphatic rings. The Balaban J connectivity index is 1.95. The van der Waals surface area contributed by atoms with Gasteiger partial charge in [0.2, 0.25) is 0 Å². The van der Waals surface area contributed by atoms with Crippen molar-refractivity contribution in [3.05, 3.63) is 52.0 Å². The number of rotatable bonds is 5. The van der Waals surface area contributed by atoms with Gasteiger partial charge in [-0.3, -0.25) is 0 Å². The lowest BCUT2D eigenvalue weighted by molar-refractivity contribution is 0.0701. The lowest BCUT2D eigenvalue weighted by atomic mass is 10.1. The Hall–Kier alpha value is -2.41. The van der Waals surface area contributed by atoms with Gasteiger partial charge in [0, 0.05) is 0 Å². The highest BCUT2D eigenvalue weighted by atomic mass is 32.1. The predicted octanol–water partition coefficient (Wildman–Crippen LogP) is 3.00. The number of amides is 1. The summed E-state index contributed by atoms with van der Waals surface area (Å²) in [7, 11) is 0. The van der Waals surface area contributed by atoms with Crippen LogP contribution in [0, 0.1) is 0 Å². The predicted molar refractivity (Wildman–Crippen MR) is 81.9 cm³/mol. The van der Waals surface area contributed by atoms with Crippen LogP contribution in [0.25, 0.3) is 0 Å². The standard InChI is InChI=1S/C15H16N2O4S/c1-15(2,13-16-8-11(22-13)12(18)19)17-14(20)21-9-10-6-4-3-5-7-10/h3-8H,9H2,1-2H3,(H,17,20)(H,18,19). The third kappa shape index (κ3) is 4.05. The average Bonchev–Trinajstić information content (AvgIpc) is 2.97. The molecule has 0 aliphatic carbocycles. The highest BCUT2D eigenvalue weighted by Gasteiger charge is 2.28. The Morgan fingerprint density at radius 3 is 2.59 bits per heavy atom. The summed E-state index contributed by atoms with van der Waals surface area (Å²) in [5, 5.41) is 12.1. The number of carboxylic acids is 1. The van der Waals surface area contributed by atoms with E-state index in [4.69, 9.17) is 9.84 Å². The van der Waals surface area contributed by atoms with Gasteiger partial charge in [0.05, 0.1) is 11.7 Å². The van der Waals surface area contributed by atoms with Crippen LogP contribution in [0.5, 0.6) is 0 Å². The average molecular weight is 320 g/mol. The maximum atomic E-state index is 11.9. The number of carboxylic acid groups (broad SMARTS) is 1. The van der Waals surface area contributed by atoms with Gasteiger partial charge in [-0.15, -0.1) is 11.3 Å². The topological polar surface area (TPSA) is 88.5 Å². The summed E-state index contributed by atoms with van der Waals surface area (Å²) in [4.78, 5) is 26.9. The first kappa shape index (κ1) is 16.0. The number of aromatic nitrogens is 1. The molecule has 2 N–H and O–H groups in total. The van der Waals surface area contributed by atoms with Crippen LogP contribution >= 0.6 is 11.3 Å². The SMILES string of the molecule is CC(C)(NC(=O)OCc1ccccc1)c1ncc(C(=O)O)s1. The molecule has 0 bridgehead atoms. The summed E-state index contributed by atoms with van der Waals surface area (Å²) in [6, 6.07) is 9.33. The van der Waals surface area contributed by atoms with Crippen molar-refractivity contribution in [2.75, 3.05) is 0 Å². The van der Waals surface area contributed by atoms with E-state index in [1.54, 1.807) is 13.8 Å². The monoisotopic (exact) mass is 320 g/mol. The minimum absolute atomic E-state index is 0.127. The Labute approximate surface area is 131 Å². The van der Waals surface area contributed by atoms with Crippen LogP contribution < -0.4 is 5.32 Å². The van der Waals surface area contributed by atoms with E-state index >= 15 is 0 Å². The van der Waals surface area contributed by atoms with Gasteiger partial charge in [0.1, 0.15) is 16.5 Å². The second-order valence-electron chi connectivity index (χ2n) is 5.15. The normalized spacial score (nSPS) is 11.0. The molecular formula is C15H16N2O4S. The van der Waals surface area contributed by atoms with E-state index in [0.29, 0.717) is 5.01 Å². The summed E-state index contributed by atoms with van der Waals surface area (Å²) >= 11 is 1.02. The highest BCUT2D eigenvalue weighted by molar-refractivity contribution is 7.13. The van der Waals surface area contributed by atoms with Gasteiger partial charge in [0.15, 0.2) is 0 Å². The second kappa shape index (κ2) is 6.57. The fourth-order valence-corrected chi connectivity index (χ4v) is 2.54. The number of hydrogen-bond acceptors (Lipinski definition) is 5. The lowest BCUT2D eigenvalue weighted by Gasteiger charge is -2.23. The van der Waals surface area contributed by atoms with E-state index in [-0.39, 0.29) is 11.5 Å². The molecule has 0 atom stereocenters. The third-order valence-corrected chi connectivity index (χ3v) is 4.19. The Bertz CT molecular complexity index is 667. The van der Waals surface area contributed by atoms with Crippen molar-refractivity contribution in [3.8, 4) is 0 Å². The molecular weight excluding hydrogens is 304 g/mol. The molecule has 22 heavy (non-hydrogen) atoms. The molecule has 6 nitrogen and oxygen atoms in total. The van der Waals surface area contributed by atoms with E-state index < -0.39 is 17.6 Å². The van der Waals surface area contributed by atoms with Crippen molar-refractivity contribution in [1.29, 1.82) is 0 Å². The van der Waals surface area contributed by atoms with Crippen molar-refractivity contribution in [1.82, 2.24) is 10.3 Å². The van der Waals surface area contributed by atoms with Gasteiger partial charge in [-0.25, -0.2) is 14.6 Å². The number of carbonyl (C=O) groups is 2. The molecule has 0 aliphatic heterocycles. The first-order chi connectivity index (χ1) is 10.4. The zero-order valence-corrected chi connectivity index (χ0v) is 13.0. The van der Waals surface area contributed by atoms with Crippen LogP contribution in [0.4, 0.5) is 4.79 Å².